The van der Waals surface area contributed by atoms with Gasteiger partial charge in [0.25, 0.3) is 0 Å². The van der Waals surface area contributed by atoms with E-state index in [1.165, 1.54) is 38.9 Å². The predicted octanol–water partition coefficient (Wildman–Crippen LogP) is 9.09. The second-order valence-electron chi connectivity index (χ2n) is 8.54. The molecule has 0 fully saturated rings. The van der Waals surface area contributed by atoms with Gasteiger partial charge in [0.1, 0.15) is 0 Å². The third kappa shape index (κ3) is 5.47. The van der Waals surface area contributed by atoms with Crippen LogP contribution in [0, 0.1) is 20.8 Å². The van der Waals surface area contributed by atoms with Crippen molar-refractivity contribution in [3.05, 3.63) is 111 Å². The second-order valence-corrected chi connectivity index (χ2v) is 11.1. The SMILES string of the molecule is Cc1cc(C)c([N-]C(C)(C)c2ccccc2C2C=Cc3ccccc32)c(C)c1.[Cl][Ti][Cl]. The van der Waals surface area contributed by atoms with Crippen molar-refractivity contribution in [3.8, 4) is 0 Å². The van der Waals surface area contributed by atoms with Crippen molar-refractivity contribution < 1.29 is 17.0 Å². The number of rotatable bonds is 4. The Bertz CT molecular complexity index is 1070. The summed E-state index contributed by atoms with van der Waals surface area (Å²) in [5, 5.41) is 5.27. The van der Waals surface area contributed by atoms with E-state index in [2.05, 4.69) is 107 Å². The maximum absolute atomic E-state index is 5.27. The van der Waals surface area contributed by atoms with E-state index in [1.807, 2.05) is 0 Å². The number of nitrogens with zero attached hydrogens (tertiary/aromatic N) is 1. The molecule has 0 saturated heterocycles. The minimum absolute atomic E-state index is 0.294. The van der Waals surface area contributed by atoms with Gasteiger partial charge in [0.15, 0.2) is 0 Å². The summed E-state index contributed by atoms with van der Waals surface area (Å²) in [6.07, 6.45) is 4.57. The molecular weight excluding hydrogens is 457 g/mol. The van der Waals surface area contributed by atoms with Gasteiger partial charge in [0.05, 0.1) is 0 Å². The van der Waals surface area contributed by atoms with Crippen LogP contribution in [0.1, 0.15) is 58.7 Å². The van der Waals surface area contributed by atoms with E-state index in [1.54, 1.807) is 0 Å². The Morgan fingerprint density at radius 2 is 1.39 bits per heavy atom. The van der Waals surface area contributed by atoms with Gasteiger partial charge in [-0.05, 0) is 37.5 Å². The van der Waals surface area contributed by atoms with Gasteiger partial charge in [-0.2, -0.15) is 0 Å². The summed E-state index contributed by atoms with van der Waals surface area (Å²) in [5.41, 5.74) is 9.93. The molecule has 0 amide bonds. The van der Waals surface area contributed by atoms with Gasteiger partial charge in [0, 0.05) is 5.92 Å². The van der Waals surface area contributed by atoms with Crippen molar-refractivity contribution in [1.29, 1.82) is 0 Å². The zero-order valence-corrected chi connectivity index (χ0v) is 21.8. The average Bonchev–Trinajstić information content (AvgIpc) is 3.15. The van der Waals surface area contributed by atoms with Crippen molar-refractivity contribution in [3.63, 3.8) is 0 Å². The zero-order valence-electron chi connectivity index (χ0n) is 18.7. The van der Waals surface area contributed by atoms with Crippen LogP contribution >= 0.6 is 18.6 Å². The average molecular weight is 485 g/mol. The first-order valence-electron chi connectivity index (χ1n) is 10.4. The molecule has 3 aromatic carbocycles. The van der Waals surface area contributed by atoms with E-state index in [0.29, 0.717) is 5.92 Å². The third-order valence-corrected chi connectivity index (χ3v) is 5.78. The van der Waals surface area contributed by atoms with E-state index in [9.17, 15) is 0 Å². The summed E-state index contributed by atoms with van der Waals surface area (Å²) >= 11 is -0.556. The van der Waals surface area contributed by atoms with E-state index in [4.69, 9.17) is 23.9 Å². The maximum atomic E-state index is 5.27. The molecule has 0 heterocycles. The Labute approximate surface area is 203 Å². The van der Waals surface area contributed by atoms with Crippen LogP contribution < -0.4 is 0 Å². The molecular formula is C27H28Cl2NTi-. The molecule has 1 atom stereocenters. The molecule has 1 aliphatic rings. The number of halogens is 2. The molecule has 1 nitrogen and oxygen atoms in total. The second kappa shape index (κ2) is 10.4. The van der Waals surface area contributed by atoms with Crippen LogP contribution in [0.5, 0.6) is 0 Å². The normalized spacial score (nSPS) is 14.5. The summed E-state index contributed by atoms with van der Waals surface area (Å²) in [6, 6.07) is 21.9. The van der Waals surface area contributed by atoms with Crippen LogP contribution in [0.3, 0.4) is 0 Å². The van der Waals surface area contributed by atoms with Crippen molar-refractivity contribution in [1.82, 2.24) is 0 Å². The Kier molecular flexibility index (Phi) is 8.11. The van der Waals surface area contributed by atoms with Gasteiger partial charge in [-0.25, -0.2) is 0 Å². The monoisotopic (exact) mass is 484 g/mol. The Morgan fingerprint density at radius 1 is 0.839 bits per heavy atom. The fourth-order valence-corrected chi connectivity index (χ4v) is 4.53. The molecule has 1 unspecified atom stereocenters. The first-order valence-corrected chi connectivity index (χ1v) is 14.7. The van der Waals surface area contributed by atoms with Gasteiger partial charge in [-0.1, -0.05) is 114 Å². The van der Waals surface area contributed by atoms with Crippen LogP contribution in [0.15, 0.2) is 66.7 Å². The molecule has 31 heavy (non-hydrogen) atoms. The quantitative estimate of drug-likeness (QED) is 0.327. The molecule has 0 aliphatic heterocycles. The predicted molar refractivity (Wildman–Crippen MR) is 132 cm³/mol. The van der Waals surface area contributed by atoms with E-state index < -0.39 is 17.0 Å². The zero-order chi connectivity index (χ0) is 22.6. The van der Waals surface area contributed by atoms with Gasteiger partial charge in [0.2, 0.25) is 0 Å². The standard InChI is InChI=1S/C27H28N.2ClH.Ti/c1-18-16-19(2)26(20(3)17-18)28-27(4,5)25-13-9-8-12-24(25)23-15-14-21-10-6-7-11-22(21)23;;;/h6-17,23H,1-5H3;2*1H;/q-1;;;+2/p-2. The molecule has 0 spiro atoms. The molecule has 3 aromatic rings. The topological polar surface area (TPSA) is 14.1 Å². The number of hydrogen-bond donors (Lipinski definition) is 0. The van der Waals surface area contributed by atoms with Crippen LogP contribution in [-0.2, 0) is 22.6 Å². The van der Waals surface area contributed by atoms with Crippen molar-refractivity contribution in [2.45, 2.75) is 46.1 Å². The van der Waals surface area contributed by atoms with Crippen molar-refractivity contribution in [2.24, 2.45) is 0 Å². The first-order chi connectivity index (χ1) is 14.8. The molecule has 4 heteroatoms. The Hall–Kier alpha value is -1.51. The van der Waals surface area contributed by atoms with E-state index in [0.717, 1.165) is 5.69 Å². The third-order valence-electron chi connectivity index (χ3n) is 5.78. The Balaban J connectivity index is 0.000000858. The van der Waals surface area contributed by atoms with Gasteiger partial charge >= 0.3 is 35.6 Å². The fourth-order valence-electron chi connectivity index (χ4n) is 4.53. The number of benzene rings is 3. The van der Waals surface area contributed by atoms with E-state index >= 15 is 0 Å². The molecule has 160 valence electrons. The van der Waals surface area contributed by atoms with Gasteiger partial charge in [-0.3, -0.25) is 0 Å². The summed E-state index contributed by atoms with van der Waals surface area (Å²) in [7, 11) is 9.78. The Morgan fingerprint density at radius 3 is 2.03 bits per heavy atom. The number of fused-ring (bicyclic) bond motifs is 1. The molecule has 0 bridgehead atoms. The molecule has 0 radical (unpaired) electrons. The summed E-state index contributed by atoms with van der Waals surface area (Å²) < 4.78 is 0. The summed E-state index contributed by atoms with van der Waals surface area (Å²) in [6.45, 7) is 10.9. The molecule has 0 aromatic heterocycles. The number of aryl methyl sites for hydroxylation is 3. The van der Waals surface area contributed by atoms with Crippen molar-refractivity contribution in [2.75, 3.05) is 0 Å². The van der Waals surface area contributed by atoms with Crippen LogP contribution in [0.25, 0.3) is 11.4 Å². The molecule has 0 saturated carbocycles. The van der Waals surface area contributed by atoms with Crippen LogP contribution in [0.2, 0.25) is 0 Å². The van der Waals surface area contributed by atoms with E-state index in [-0.39, 0.29) is 5.54 Å². The summed E-state index contributed by atoms with van der Waals surface area (Å²) in [5.74, 6) is 0.294. The van der Waals surface area contributed by atoms with Gasteiger partial charge < -0.3 is 5.32 Å². The van der Waals surface area contributed by atoms with Crippen molar-refractivity contribution >= 4 is 30.4 Å². The van der Waals surface area contributed by atoms with Crippen LogP contribution in [-0.4, -0.2) is 0 Å². The molecule has 4 rings (SSSR count). The molecule has 1 aliphatic carbocycles. The van der Waals surface area contributed by atoms with Gasteiger partial charge in [-0.15, -0.1) is 5.69 Å². The number of hydrogen-bond acceptors (Lipinski definition) is 0. The van der Waals surface area contributed by atoms with Crippen LogP contribution in [0.4, 0.5) is 5.69 Å². The number of allylic oxidation sites excluding steroid dienone is 1. The summed E-state index contributed by atoms with van der Waals surface area (Å²) in [4.78, 5) is 0. The molecule has 0 N–H and O–H groups in total. The first kappa shape index (κ1) is 24.1. The fraction of sp³-hybridized carbons (Fsp3) is 0.259. The minimum atomic E-state index is -0.556.